The molecule has 2 aliphatic heterocycles. The summed E-state index contributed by atoms with van der Waals surface area (Å²) in [4.78, 5) is 33.8. The van der Waals surface area contributed by atoms with Crippen LogP contribution in [0.2, 0.25) is 5.02 Å². The Morgan fingerprint density at radius 2 is 1.97 bits per heavy atom. The van der Waals surface area contributed by atoms with E-state index < -0.39 is 0 Å². The van der Waals surface area contributed by atoms with Crippen LogP contribution in [0, 0.1) is 6.92 Å². The lowest BCUT2D eigenvalue weighted by molar-refractivity contribution is -0.110. The number of halogens is 1. The number of aromatic amines is 1. The van der Waals surface area contributed by atoms with E-state index in [9.17, 15) is 9.59 Å². The summed E-state index contributed by atoms with van der Waals surface area (Å²) in [5.74, 6) is -0.203. The molecule has 1 aromatic heterocycles. The van der Waals surface area contributed by atoms with Gasteiger partial charge in [0.1, 0.15) is 0 Å². The van der Waals surface area contributed by atoms with E-state index in [2.05, 4.69) is 15.2 Å². The lowest BCUT2D eigenvalue weighted by atomic mass is 9.94. The highest BCUT2D eigenvalue weighted by atomic mass is 35.5. The molecule has 3 aromatic rings. The number of H-pyrrole nitrogens is 1. The van der Waals surface area contributed by atoms with E-state index >= 15 is 0 Å². The fourth-order valence-electron chi connectivity index (χ4n) is 4.85. The fraction of sp³-hybridized carbons (Fsp3) is 0.259. The van der Waals surface area contributed by atoms with Gasteiger partial charge in [-0.05, 0) is 68.9 Å². The number of hydrogen-bond donors (Lipinski definition) is 2. The van der Waals surface area contributed by atoms with Gasteiger partial charge in [-0.1, -0.05) is 35.9 Å². The first kappa shape index (κ1) is 22.4. The molecule has 0 bridgehead atoms. The number of nitrogens with one attached hydrogen (secondary N) is 2. The quantitative estimate of drug-likeness (QED) is 0.528. The largest absolute Gasteiger partial charge is 0.358 e. The van der Waals surface area contributed by atoms with Crippen LogP contribution >= 0.6 is 11.6 Å². The van der Waals surface area contributed by atoms with Gasteiger partial charge in [0, 0.05) is 41.1 Å². The van der Waals surface area contributed by atoms with Crippen LogP contribution in [0.4, 0.5) is 5.69 Å². The summed E-state index contributed by atoms with van der Waals surface area (Å²) >= 11 is 6.24. The molecule has 2 amide bonds. The summed E-state index contributed by atoms with van der Waals surface area (Å²) in [6.07, 6.45) is 2.76. The number of carbonyl (C=O) groups excluding carboxylic acids is 2. The van der Waals surface area contributed by atoms with E-state index in [1.54, 1.807) is 6.08 Å². The summed E-state index contributed by atoms with van der Waals surface area (Å²) in [6, 6.07) is 15.6. The molecule has 2 N–H and O–H groups in total. The second kappa shape index (κ2) is 8.78. The number of nitrogens with zero attached hydrogens (tertiary/aromatic N) is 2. The monoisotopic (exact) mass is 474 g/mol. The average molecular weight is 475 g/mol. The minimum absolute atomic E-state index is 0.0118. The summed E-state index contributed by atoms with van der Waals surface area (Å²) in [7, 11) is 4.09. The smallest absolute Gasteiger partial charge is 0.256 e. The van der Waals surface area contributed by atoms with Gasteiger partial charge < -0.3 is 20.1 Å². The minimum atomic E-state index is -0.191. The Morgan fingerprint density at radius 1 is 1.18 bits per heavy atom. The SMILES string of the molecule is Cc1cc(C(=O)N2CCC(N(C)C)C2)c(/C=C2\C(=O)Nc3cccc(-c4cccc(Cl)c4)c32)[nH]1. The number of aromatic nitrogens is 1. The number of likely N-dealkylation sites (tertiary alicyclic amines) is 1. The number of likely N-dealkylation sites (N-methyl/N-ethyl adjacent to an activating group) is 1. The molecule has 174 valence electrons. The van der Waals surface area contributed by atoms with E-state index in [1.165, 1.54) is 0 Å². The van der Waals surface area contributed by atoms with Crippen molar-refractivity contribution in [2.75, 3.05) is 32.5 Å². The first-order valence-corrected chi connectivity index (χ1v) is 11.8. The average Bonchev–Trinajstić information content (AvgIpc) is 3.51. The van der Waals surface area contributed by atoms with E-state index in [1.807, 2.05) is 74.4 Å². The van der Waals surface area contributed by atoms with E-state index in [-0.39, 0.29) is 11.8 Å². The number of aryl methyl sites for hydroxylation is 1. The van der Waals surface area contributed by atoms with Gasteiger partial charge >= 0.3 is 0 Å². The lowest BCUT2D eigenvalue weighted by Gasteiger charge is -2.20. The maximum absolute atomic E-state index is 13.4. The van der Waals surface area contributed by atoms with Crippen LogP contribution in [0.1, 0.15) is 33.7 Å². The Kier molecular flexibility index (Phi) is 5.80. The number of carbonyl (C=O) groups is 2. The van der Waals surface area contributed by atoms with Crippen LogP contribution in [0.25, 0.3) is 22.8 Å². The highest BCUT2D eigenvalue weighted by molar-refractivity contribution is 6.36. The summed E-state index contributed by atoms with van der Waals surface area (Å²) in [6.45, 7) is 3.35. The zero-order valence-electron chi connectivity index (χ0n) is 19.5. The zero-order valence-corrected chi connectivity index (χ0v) is 20.2. The molecule has 3 heterocycles. The molecule has 1 saturated heterocycles. The maximum atomic E-state index is 13.4. The van der Waals surface area contributed by atoms with Gasteiger partial charge in [-0.25, -0.2) is 0 Å². The summed E-state index contributed by atoms with van der Waals surface area (Å²) < 4.78 is 0. The predicted octanol–water partition coefficient (Wildman–Crippen LogP) is 4.91. The van der Waals surface area contributed by atoms with Crippen molar-refractivity contribution >= 4 is 40.8 Å². The van der Waals surface area contributed by atoms with Gasteiger partial charge in [-0.3, -0.25) is 9.59 Å². The number of hydrogen-bond acceptors (Lipinski definition) is 3. The van der Waals surface area contributed by atoms with Crippen molar-refractivity contribution in [2.24, 2.45) is 0 Å². The Hall–Kier alpha value is -3.35. The third kappa shape index (κ3) is 4.04. The van der Waals surface area contributed by atoms with Crippen LogP contribution in [0.15, 0.2) is 48.5 Å². The molecule has 1 atom stereocenters. The number of amides is 2. The molecule has 0 spiro atoms. The van der Waals surface area contributed by atoms with Crippen LogP contribution in [-0.4, -0.2) is 59.8 Å². The topological polar surface area (TPSA) is 68.4 Å². The molecule has 0 radical (unpaired) electrons. The van der Waals surface area contributed by atoms with Crippen LogP contribution in [0.5, 0.6) is 0 Å². The first-order valence-electron chi connectivity index (χ1n) is 11.4. The number of anilines is 1. The Labute approximate surface area is 204 Å². The lowest BCUT2D eigenvalue weighted by Crippen LogP contribution is -2.34. The number of rotatable bonds is 4. The molecule has 34 heavy (non-hydrogen) atoms. The molecule has 0 aliphatic carbocycles. The molecule has 2 aliphatic rings. The van der Waals surface area contributed by atoms with Crippen molar-refractivity contribution < 1.29 is 9.59 Å². The number of fused-ring (bicyclic) bond motifs is 1. The van der Waals surface area contributed by atoms with Gasteiger partial charge in [0.15, 0.2) is 0 Å². The molecule has 6 nitrogen and oxygen atoms in total. The molecule has 1 unspecified atom stereocenters. The van der Waals surface area contributed by atoms with Gasteiger partial charge in [-0.2, -0.15) is 0 Å². The van der Waals surface area contributed by atoms with Gasteiger partial charge in [-0.15, -0.1) is 0 Å². The Balaban J connectivity index is 1.56. The zero-order chi connectivity index (χ0) is 24.0. The second-order valence-electron chi connectivity index (χ2n) is 9.19. The van der Waals surface area contributed by atoms with Gasteiger partial charge in [0.2, 0.25) is 0 Å². The molecule has 2 aromatic carbocycles. The second-order valence-corrected chi connectivity index (χ2v) is 9.62. The summed E-state index contributed by atoms with van der Waals surface area (Å²) in [5.41, 5.74) is 6.04. The van der Waals surface area contributed by atoms with Crippen molar-refractivity contribution in [3.05, 3.63) is 76.1 Å². The Bertz CT molecular complexity index is 1320. The van der Waals surface area contributed by atoms with Crippen molar-refractivity contribution in [3.63, 3.8) is 0 Å². The van der Waals surface area contributed by atoms with E-state index in [4.69, 9.17) is 11.6 Å². The molecular weight excluding hydrogens is 448 g/mol. The van der Waals surface area contributed by atoms with E-state index in [0.29, 0.717) is 34.4 Å². The Morgan fingerprint density at radius 3 is 2.71 bits per heavy atom. The molecule has 1 fully saturated rings. The number of benzene rings is 2. The van der Waals surface area contributed by atoms with Crippen molar-refractivity contribution in [3.8, 4) is 11.1 Å². The first-order chi connectivity index (χ1) is 16.3. The minimum Gasteiger partial charge on any atom is -0.358 e. The van der Waals surface area contributed by atoms with Crippen molar-refractivity contribution in [2.45, 2.75) is 19.4 Å². The highest BCUT2D eigenvalue weighted by Crippen LogP contribution is 2.41. The molecule has 0 saturated carbocycles. The summed E-state index contributed by atoms with van der Waals surface area (Å²) in [5, 5.41) is 3.60. The van der Waals surface area contributed by atoms with Crippen LogP contribution in [0.3, 0.4) is 0 Å². The standard InChI is InChI=1S/C27H27ClN4O2/c1-16-12-21(27(34)32-11-10-19(15-32)31(2)3)24(29-16)14-22-25-20(17-6-4-7-18(28)13-17)8-5-9-23(25)30-26(22)33/h4-9,12-14,19,29H,10-11,15H2,1-3H3,(H,30,33)/b22-14-. The molecule has 7 heteroatoms. The van der Waals surface area contributed by atoms with Crippen LogP contribution < -0.4 is 5.32 Å². The maximum Gasteiger partial charge on any atom is 0.256 e. The van der Waals surface area contributed by atoms with Gasteiger partial charge in [0.05, 0.1) is 16.8 Å². The van der Waals surface area contributed by atoms with Crippen LogP contribution in [-0.2, 0) is 4.79 Å². The van der Waals surface area contributed by atoms with Gasteiger partial charge in [0.25, 0.3) is 11.8 Å². The molecule has 5 rings (SSSR count). The third-order valence-corrected chi connectivity index (χ3v) is 6.88. The predicted molar refractivity (Wildman–Crippen MR) is 137 cm³/mol. The van der Waals surface area contributed by atoms with Crippen molar-refractivity contribution in [1.82, 2.24) is 14.8 Å². The molecular formula is C27H27ClN4O2. The fourth-order valence-corrected chi connectivity index (χ4v) is 5.04. The van der Waals surface area contributed by atoms with Crippen molar-refractivity contribution in [1.29, 1.82) is 0 Å². The van der Waals surface area contributed by atoms with E-state index in [0.717, 1.165) is 41.0 Å². The normalized spacial score (nSPS) is 18.6. The highest BCUT2D eigenvalue weighted by Gasteiger charge is 2.31. The third-order valence-electron chi connectivity index (χ3n) is 6.65.